The maximum Gasteiger partial charge on any atom is 0.0703 e. The van der Waals surface area contributed by atoms with E-state index >= 15 is 0 Å². The molecule has 9 aromatic carbocycles. The highest BCUT2D eigenvalue weighted by Crippen LogP contribution is 2.53. The average Bonchev–Trinajstić information content (AvgIpc) is 3.99. The summed E-state index contributed by atoms with van der Waals surface area (Å²) in [6.07, 6.45) is 2.04. The van der Waals surface area contributed by atoms with Crippen molar-refractivity contribution in [1.29, 1.82) is 0 Å². The van der Waals surface area contributed by atoms with Gasteiger partial charge in [0, 0.05) is 16.4 Å². The van der Waals surface area contributed by atoms with Crippen molar-refractivity contribution >= 4 is 21.5 Å². The lowest BCUT2D eigenvalue weighted by atomic mass is 9.79. The molecule has 0 spiro atoms. The number of fused-ring (bicyclic) bond motifs is 8. The second-order valence-electron chi connectivity index (χ2n) is 19.5. The lowest BCUT2D eigenvalue weighted by Gasteiger charge is -2.24. The van der Waals surface area contributed by atoms with Crippen LogP contribution in [0.4, 0.5) is 0 Å². The van der Waals surface area contributed by atoms with E-state index in [1.54, 1.807) is 0 Å². The van der Waals surface area contributed by atoms with Gasteiger partial charge in [-0.1, -0.05) is 198 Å². The van der Waals surface area contributed by atoms with E-state index in [0.717, 1.165) is 39.5 Å². The van der Waals surface area contributed by atoms with Crippen LogP contribution in [0.15, 0.2) is 219 Å². The van der Waals surface area contributed by atoms with Gasteiger partial charge in [-0.15, -0.1) is 0 Å². The van der Waals surface area contributed by atoms with Crippen LogP contribution in [-0.4, -0.2) is 9.55 Å². The monoisotopic (exact) mass is 856 g/mol. The molecule has 0 bridgehead atoms. The van der Waals surface area contributed by atoms with E-state index in [2.05, 4.69) is 245 Å². The van der Waals surface area contributed by atoms with Crippen molar-refractivity contribution in [2.75, 3.05) is 0 Å². The number of benzene rings is 9. The summed E-state index contributed by atoms with van der Waals surface area (Å²) in [6, 6.07) is 78.5. The average molecular weight is 857 g/mol. The van der Waals surface area contributed by atoms with Gasteiger partial charge in [0.1, 0.15) is 0 Å². The molecular formula is C65H48N2. The summed E-state index contributed by atoms with van der Waals surface area (Å²) in [7, 11) is 0. The molecule has 2 aromatic heterocycles. The molecule has 11 aromatic rings. The third-order valence-corrected chi connectivity index (χ3v) is 15.1. The fourth-order valence-corrected chi connectivity index (χ4v) is 11.8. The number of hydrogen-bond acceptors (Lipinski definition) is 1. The molecule has 0 saturated carbocycles. The highest BCUT2D eigenvalue weighted by atomic mass is 15.0. The molecule has 0 aliphatic heterocycles. The standard InChI is InChI=1S/C65H48N2/c1-64(2)55-25-15-13-21-47(55)49-31-28-44(38-57(49)64)62-51-23-11-12-24-52(51)63(45-29-32-50-48-22-14-16-26-56(48)65(3,4)58(50)39-45)54-37-43(27-33-53(54)62)59-34-30-46(40-66-59)67-60(41-17-7-5-8-18-41)35-36-61(67)42-19-9-6-10-20-42/h5-40H,1-4H3. The molecule has 67 heavy (non-hydrogen) atoms. The van der Waals surface area contributed by atoms with Crippen LogP contribution in [0.2, 0.25) is 0 Å². The molecular weight excluding hydrogens is 809 g/mol. The maximum absolute atomic E-state index is 5.27. The predicted molar refractivity (Wildman–Crippen MR) is 281 cm³/mol. The first kappa shape index (κ1) is 39.3. The van der Waals surface area contributed by atoms with Crippen LogP contribution >= 0.6 is 0 Å². The Bertz CT molecular complexity index is 3720. The fraction of sp³-hybridized carbons (Fsp3) is 0.0923. The molecule has 318 valence electrons. The lowest BCUT2D eigenvalue weighted by Crippen LogP contribution is -2.15. The van der Waals surface area contributed by atoms with Crippen molar-refractivity contribution < 1.29 is 0 Å². The van der Waals surface area contributed by atoms with E-state index in [4.69, 9.17) is 4.98 Å². The Hall–Kier alpha value is -8.07. The van der Waals surface area contributed by atoms with Gasteiger partial charge in [-0.25, -0.2) is 0 Å². The summed E-state index contributed by atoms with van der Waals surface area (Å²) in [5.41, 5.74) is 23.2. The molecule has 0 saturated heterocycles. The molecule has 2 aliphatic carbocycles. The van der Waals surface area contributed by atoms with Gasteiger partial charge in [0.2, 0.25) is 0 Å². The zero-order chi connectivity index (χ0) is 45.0. The van der Waals surface area contributed by atoms with Crippen molar-refractivity contribution in [3.63, 3.8) is 0 Å². The van der Waals surface area contributed by atoms with Gasteiger partial charge in [-0.05, 0) is 142 Å². The summed E-state index contributed by atoms with van der Waals surface area (Å²) in [5.74, 6) is 0. The molecule has 13 rings (SSSR count). The Morgan fingerprint density at radius 2 is 0.776 bits per heavy atom. The van der Waals surface area contributed by atoms with E-state index in [1.165, 1.54) is 88.3 Å². The number of hydrogen-bond donors (Lipinski definition) is 0. The summed E-state index contributed by atoms with van der Waals surface area (Å²) < 4.78 is 2.34. The molecule has 2 aliphatic rings. The fourth-order valence-electron chi connectivity index (χ4n) is 11.8. The smallest absolute Gasteiger partial charge is 0.0703 e. The van der Waals surface area contributed by atoms with Gasteiger partial charge >= 0.3 is 0 Å². The third kappa shape index (κ3) is 5.92. The van der Waals surface area contributed by atoms with Gasteiger partial charge in [0.15, 0.2) is 0 Å². The minimum absolute atomic E-state index is 0.113. The van der Waals surface area contributed by atoms with Gasteiger partial charge in [0.05, 0.1) is 29.0 Å². The van der Waals surface area contributed by atoms with Gasteiger partial charge < -0.3 is 4.57 Å². The largest absolute Gasteiger partial charge is 0.308 e. The van der Waals surface area contributed by atoms with Crippen LogP contribution in [-0.2, 0) is 10.8 Å². The zero-order valence-electron chi connectivity index (χ0n) is 38.2. The molecule has 0 amide bonds. The summed E-state index contributed by atoms with van der Waals surface area (Å²) in [4.78, 5) is 5.27. The van der Waals surface area contributed by atoms with Crippen LogP contribution in [0, 0.1) is 0 Å². The summed E-state index contributed by atoms with van der Waals surface area (Å²) >= 11 is 0. The Kier molecular flexibility index (Phi) is 8.64. The quantitative estimate of drug-likeness (QED) is 0.152. The highest BCUT2D eigenvalue weighted by Gasteiger charge is 2.37. The number of rotatable bonds is 6. The molecule has 2 heteroatoms. The van der Waals surface area contributed by atoms with Crippen molar-refractivity contribution in [3.05, 3.63) is 241 Å². The first-order valence-corrected chi connectivity index (χ1v) is 23.5. The van der Waals surface area contributed by atoms with Gasteiger partial charge in [0.25, 0.3) is 0 Å². The number of pyridine rings is 1. The topological polar surface area (TPSA) is 17.8 Å². The minimum Gasteiger partial charge on any atom is -0.308 e. The Labute approximate surface area is 392 Å². The van der Waals surface area contributed by atoms with Crippen molar-refractivity contribution in [2.24, 2.45) is 0 Å². The third-order valence-electron chi connectivity index (χ3n) is 15.1. The Balaban J connectivity index is 1.02. The molecule has 2 nitrogen and oxygen atoms in total. The normalized spacial score (nSPS) is 13.9. The first-order valence-electron chi connectivity index (χ1n) is 23.5. The molecule has 0 N–H and O–H groups in total. The predicted octanol–water partition coefficient (Wildman–Crippen LogP) is 17.1. The molecule has 0 unspecified atom stereocenters. The minimum atomic E-state index is -0.125. The SMILES string of the molecule is CC1(C)c2ccccc2-c2ccc(-c3c4ccccc4c(-c4ccc5c(c4)C(C)(C)c4ccccc4-5)c4cc(-c5ccc(-n6c(-c7ccccc7)ccc6-c6ccccc6)cn5)ccc34)cc21. The van der Waals surface area contributed by atoms with E-state index in [9.17, 15) is 0 Å². The highest BCUT2D eigenvalue weighted by molar-refractivity contribution is 6.22. The van der Waals surface area contributed by atoms with E-state index < -0.39 is 0 Å². The van der Waals surface area contributed by atoms with Crippen LogP contribution in [0.25, 0.3) is 106 Å². The van der Waals surface area contributed by atoms with Crippen LogP contribution in [0.1, 0.15) is 49.9 Å². The Morgan fingerprint density at radius 1 is 0.328 bits per heavy atom. The van der Waals surface area contributed by atoms with Crippen LogP contribution in [0.5, 0.6) is 0 Å². The Morgan fingerprint density at radius 3 is 1.30 bits per heavy atom. The van der Waals surface area contributed by atoms with E-state index in [0.29, 0.717) is 0 Å². The van der Waals surface area contributed by atoms with Crippen LogP contribution in [0.3, 0.4) is 0 Å². The number of nitrogens with zero attached hydrogens (tertiary/aromatic N) is 2. The summed E-state index contributed by atoms with van der Waals surface area (Å²) in [5, 5.41) is 4.96. The number of aromatic nitrogens is 2. The molecule has 0 atom stereocenters. The second-order valence-corrected chi connectivity index (χ2v) is 19.5. The van der Waals surface area contributed by atoms with Crippen LogP contribution < -0.4 is 0 Å². The second kappa shape index (κ2) is 14.7. The van der Waals surface area contributed by atoms with Gasteiger partial charge in [-0.3, -0.25) is 4.98 Å². The van der Waals surface area contributed by atoms with E-state index in [1.807, 2.05) is 6.20 Å². The summed E-state index contributed by atoms with van der Waals surface area (Å²) in [6.45, 7) is 9.50. The maximum atomic E-state index is 5.27. The first-order chi connectivity index (χ1) is 32.8. The van der Waals surface area contributed by atoms with Crippen molar-refractivity contribution in [3.8, 4) is 84.0 Å². The van der Waals surface area contributed by atoms with Crippen molar-refractivity contribution in [1.82, 2.24) is 9.55 Å². The lowest BCUT2D eigenvalue weighted by molar-refractivity contribution is 0.660. The van der Waals surface area contributed by atoms with Gasteiger partial charge in [-0.2, -0.15) is 0 Å². The van der Waals surface area contributed by atoms with Crippen molar-refractivity contribution in [2.45, 2.75) is 38.5 Å². The van der Waals surface area contributed by atoms with E-state index in [-0.39, 0.29) is 10.8 Å². The molecule has 0 fully saturated rings. The molecule has 0 radical (unpaired) electrons. The molecule has 2 heterocycles. The zero-order valence-corrected chi connectivity index (χ0v) is 38.2.